The lowest BCUT2D eigenvalue weighted by molar-refractivity contribution is -0.134. The minimum atomic E-state index is -1.33. The summed E-state index contributed by atoms with van der Waals surface area (Å²) in [5, 5.41) is 11.0. The zero-order valence-corrected chi connectivity index (χ0v) is 9.43. The van der Waals surface area contributed by atoms with Crippen LogP contribution in [0, 0.1) is 18.3 Å². The fourth-order valence-electron chi connectivity index (χ4n) is 2.11. The van der Waals surface area contributed by atoms with Crippen LogP contribution in [0.4, 0.5) is 4.39 Å². The van der Waals surface area contributed by atoms with Gasteiger partial charge in [-0.1, -0.05) is 5.92 Å². The van der Waals surface area contributed by atoms with Crippen LogP contribution >= 0.6 is 0 Å². The number of carbonyl (C=O) groups is 2. The summed E-state index contributed by atoms with van der Waals surface area (Å²) in [5.41, 5.74) is 0.0334. The van der Waals surface area contributed by atoms with Crippen LogP contribution < -0.4 is 5.32 Å². The first-order valence-corrected chi connectivity index (χ1v) is 5.50. The molecule has 0 spiro atoms. The summed E-state index contributed by atoms with van der Waals surface area (Å²) < 4.78 is 18.7. The van der Waals surface area contributed by atoms with Gasteiger partial charge in [0, 0.05) is 6.42 Å². The number of alkyl halides is 1. The number of hydrogen-bond donors (Lipinski definition) is 2. The van der Waals surface area contributed by atoms with Crippen molar-refractivity contribution in [3.05, 3.63) is 11.6 Å². The fraction of sp³-hybridized carbons (Fsp3) is 0.500. The summed E-state index contributed by atoms with van der Waals surface area (Å²) >= 11 is 0. The van der Waals surface area contributed by atoms with Crippen LogP contribution in [0.5, 0.6) is 0 Å². The standard InChI is InChI=1S/C12H12FNO4/c1-2-6-3-7(12(17)14-11(6)16)9-4-8(13)10(5-15)18-9/h1,3,7-10,15H,4-5H2,(H,14,16,17). The molecule has 2 aliphatic heterocycles. The Balaban J connectivity index is 2.19. The third-order valence-corrected chi connectivity index (χ3v) is 3.08. The second-order valence-electron chi connectivity index (χ2n) is 4.22. The maximum atomic E-state index is 13.4. The van der Waals surface area contributed by atoms with E-state index in [0.29, 0.717) is 0 Å². The third kappa shape index (κ3) is 2.15. The molecule has 2 aliphatic rings. The highest BCUT2D eigenvalue weighted by Crippen LogP contribution is 2.30. The molecule has 0 saturated carbocycles. The van der Waals surface area contributed by atoms with E-state index in [1.807, 2.05) is 0 Å². The maximum absolute atomic E-state index is 13.4. The van der Waals surface area contributed by atoms with Crippen molar-refractivity contribution in [1.82, 2.24) is 5.32 Å². The van der Waals surface area contributed by atoms with Gasteiger partial charge in [0.25, 0.3) is 5.91 Å². The minimum Gasteiger partial charge on any atom is -0.394 e. The number of halogens is 1. The molecular weight excluding hydrogens is 241 g/mol. The summed E-state index contributed by atoms with van der Waals surface area (Å²) in [5.74, 6) is 0.167. The minimum absolute atomic E-state index is 0.00808. The van der Waals surface area contributed by atoms with Crippen molar-refractivity contribution in [3.63, 3.8) is 0 Å². The van der Waals surface area contributed by atoms with E-state index in [-0.39, 0.29) is 12.0 Å². The van der Waals surface area contributed by atoms with Gasteiger partial charge in [0.1, 0.15) is 12.3 Å². The lowest BCUT2D eigenvalue weighted by Crippen LogP contribution is -2.44. The van der Waals surface area contributed by atoms with Crippen molar-refractivity contribution < 1.29 is 23.8 Å². The van der Waals surface area contributed by atoms with E-state index in [0.717, 1.165) is 0 Å². The average molecular weight is 253 g/mol. The summed E-state index contributed by atoms with van der Waals surface area (Å²) in [6.45, 7) is -0.448. The van der Waals surface area contributed by atoms with Crippen molar-refractivity contribution in [1.29, 1.82) is 0 Å². The van der Waals surface area contributed by atoms with Gasteiger partial charge in [0.15, 0.2) is 0 Å². The zero-order valence-electron chi connectivity index (χ0n) is 9.43. The van der Waals surface area contributed by atoms with Crippen molar-refractivity contribution in [2.24, 2.45) is 5.92 Å². The van der Waals surface area contributed by atoms with E-state index in [1.54, 1.807) is 0 Å². The zero-order chi connectivity index (χ0) is 13.3. The largest absolute Gasteiger partial charge is 0.394 e. The number of aliphatic hydroxyl groups excluding tert-OH is 1. The predicted octanol–water partition coefficient (Wildman–Crippen LogP) is -0.694. The van der Waals surface area contributed by atoms with Crippen LogP contribution in [0.1, 0.15) is 6.42 Å². The molecule has 1 fully saturated rings. The number of carbonyl (C=O) groups excluding carboxylic acids is 2. The van der Waals surface area contributed by atoms with Gasteiger partial charge < -0.3 is 9.84 Å². The summed E-state index contributed by atoms with van der Waals surface area (Å²) in [6.07, 6.45) is 3.48. The lowest BCUT2D eigenvalue weighted by atomic mass is 9.92. The molecule has 0 aromatic heterocycles. The van der Waals surface area contributed by atoms with E-state index in [9.17, 15) is 14.0 Å². The second kappa shape index (κ2) is 4.88. The number of amides is 2. The molecule has 4 atom stereocenters. The highest BCUT2D eigenvalue weighted by molar-refractivity contribution is 6.10. The first-order valence-electron chi connectivity index (χ1n) is 5.50. The molecule has 96 valence electrons. The molecule has 2 N–H and O–H groups in total. The number of rotatable bonds is 2. The quantitative estimate of drug-likeness (QED) is 0.504. The fourth-order valence-corrected chi connectivity index (χ4v) is 2.11. The number of terminal acetylenes is 1. The van der Waals surface area contributed by atoms with Gasteiger partial charge in [-0.3, -0.25) is 14.9 Å². The van der Waals surface area contributed by atoms with Crippen molar-refractivity contribution >= 4 is 11.8 Å². The van der Waals surface area contributed by atoms with Crippen molar-refractivity contribution in [2.45, 2.75) is 24.8 Å². The Morgan fingerprint density at radius 2 is 2.33 bits per heavy atom. The average Bonchev–Trinajstić information content (AvgIpc) is 2.70. The van der Waals surface area contributed by atoms with Gasteiger partial charge in [-0.2, -0.15) is 0 Å². The van der Waals surface area contributed by atoms with Crippen LogP contribution in [-0.4, -0.2) is 41.9 Å². The van der Waals surface area contributed by atoms with E-state index < -0.39 is 42.7 Å². The van der Waals surface area contributed by atoms with Gasteiger partial charge in [-0.05, 0) is 6.08 Å². The molecule has 2 rings (SSSR count). The molecule has 2 amide bonds. The molecule has 2 heterocycles. The Labute approximate surface area is 103 Å². The Morgan fingerprint density at radius 3 is 2.89 bits per heavy atom. The molecule has 5 nitrogen and oxygen atoms in total. The highest BCUT2D eigenvalue weighted by Gasteiger charge is 2.42. The van der Waals surface area contributed by atoms with Crippen molar-refractivity contribution in [3.8, 4) is 12.3 Å². The summed E-state index contributed by atoms with van der Waals surface area (Å²) in [4.78, 5) is 22.9. The maximum Gasteiger partial charge on any atom is 0.266 e. The molecule has 0 bridgehead atoms. The van der Waals surface area contributed by atoms with Gasteiger partial charge in [-0.25, -0.2) is 4.39 Å². The van der Waals surface area contributed by atoms with Gasteiger partial charge in [-0.15, -0.1) is 6.42 Å². The topological polar surface area (TPSA) is 75.6 Å². The van der Waals surface area contributed by atoms with Crippen molar-refractivity contribution in [2.75, 3.05) is 6.61 Å². The van der Waals surface area contributed by atoms with Crippen LogP contribution in [0.25, 0.3) is 0 Å². The summed E-state index contributed by atoms with van der Waals surface area (Å²) in [7, 11) is 0. The van der Waals surface area contributed by atoms with Crippen LogP contribution in [0.3, 0.4) is 0 Å². The molecule has 0 aromatic rings. The number of ether oxygens (including phenoxy) is 1. The molecule has 18 heavy (non-hydrogen) atoms. The third-order valence-electron chi connectivity index (χ3n) is 3.08. The Kier molecular flexibility index (Phi) is 3.45. The molecule has 6 heteroatoms. The SMILES string of the molecule is C#CC1=CC(C2CC(F)C(CO)O2)C(=O)NC1=O. The monoisotopic (exact) mass is 253 g/mol. The Morgan fingerprint density at radius 1 is 1.61 bits per heavy atom. The van der Waals surface area contributed by atoms with E-state index in [1.165, 1.54) is 6.08 Å². The lowest BCUT2D eigenvalue weighted by Gasteiger charge is -2.23. The second-order valence-corrected chi connectivity index (χ2v) is 4.22. The van der Waals surface area contributed by atoms with E-state index in [4.69, 9.17) is 16.3 Å². The first kappa shape index (κ1) is 12.7. The molecule has 0 radical (unpaired) electrons. The molecule has 0 aromatic carbocycles. The predicted molar refractivity (Wildman–Crippen MR) is 58.8 cm³/mol. The van der Waals surface area contributed by atoms with Crippen LogP contribution in [0.15, 0.2) is 11.6 Å². The van der Waals surface area contributed by atoms with Gasteiger partial charge in [0.05, 0.1) is 24.2 Å². The van der Waals surface area contributed by atoms with E-state index >= 15 is 0 Å². The number of imide groups is 1. The first-order chi connectivity index (χ1) is 8.56. The number of aliphatic hydroxyl groups is 1. The Hall–Kier alpha value is -1.71. The normalized spacial score (nSPS) is 35.9. The van der Waals surface area contributed by atoms with Crippen LogP contribution in [-0.2, 0) is 14.3 Å². The number of nitrogens with one attached hydrogen (secondary N) is 1. The summed E-state index contributed by atoms with van der Waals surface area (Å²) in [6, 6.07) is 0. The van der Waals surface area contributed by atoms with Gasteiger partial charge >= 0.3 is 0 Å². The molecule has 4 unspecified atom stereocenters. The van der Waals surface area contributed by atoms with Gasteiger partial charge in [0.2, 0.25) is 5.91 Å². The molecule has 1 saturated heterocycles. The smallest absolute Gasteiger partial charge is 0.266 e. The van der Waals surface area contributed by atoms with E-state index in [2.05, 4.69) is 11.2 Å². The Bertz CT molecular complexity index is 453. The van der Waals surface area contributed by atoms with Crippen LogP contribution in [0.2, 0.25) is 0 Å². The molecule has 0 aliphatic carbocycles. The number of hydrogen-bond acceptors (Lipinski definition) is 4. The highest BCUT2D eigenvalue weighted by atomic mass is 19.1. The molecular formula is C12H12FNO4.